The summed E-state index contributed by atoms with van der Waals surface area (Å²) >= 11 is 0. The molecule has 3 heterocycles. The standard InChI is InChI=1S/C24H22N4O3/c1-3-30-17-12-10-16(11-13-17)26-23(29)21-15(2)25-24-27-18-7-4-5-8-19(18)28(24)22(21)20-9-6-14-31-20/h4-14,22H,3H2,1-2H3,(H,25,27)(H,26,29). The van der Waals surface area contributed by atoms with Crippen molar-refractivity contribution in [3.63, 3.8) is 0 Å². The van der Waals surface area contributed by atoms with Crippen molar-refractivity contribution in [3.05, 3.63) is 84.0 Å². The van der Waals surface area contributed by atoms with E-state index in [1.165, 1.54) is 0 Å². The zero-order valence-corrected chi connectivity index (χ0v) is 17.3. The van der Waals surface area contributed by atoms with Gasteiger partial charge in [-0.3, -0.25) is 9.36 Å². The zero-order chi connectivity index (χ0) is 21.4. The zero-order valence-electron chi connectivity index (χ0n) is 17.3. The quantitative estimate of drug-likeness (QED) is 0.483. The first-order valence-electron chi connectivity index (χ1n) is 10.2. The van der Waals surface area contributed by atoms with Gasteiger partial charge in [0.15, 0.2) is 0 Å². The normalized spacial score (nSPS) is 15.5. The Hall–Kier alpha value is -4.00. The SMILES string of the molecule is CCOc1ccc(NC(=O)C2=C(C)Nc3nc4ccccc4n3C2c2ccco2)cc1. The van der Waals surface area contributed by atoms with Gasteiger partial charge in [-0.25, -0.2) is 4.98 Å². The number of anilines is 2. The minimum absolute atomic E-state index is 0.209. The predicted molar refractivity (Wildman–Crippen MR) is 119 cm³/mol. The average Bonchev–Trinajstić information content (AvgIpc) is 3.42. The number of carbonyl (C=O) groups excluding carboxylic acids is 1. The molecule has 0 fully saturated rings. The lowest BCUT2D eigenvalue weighted by Gasteiger charge is -2.29. The minimum Gasteiger partial charge on any atom is -0.494 e. The van der Waals surface area contributed by atoms with E-state index in [0.29, 0.717) is 29.6 Å². The summed E-state index contributed by atoms with van der Waals surface area (Å²) < 4.78 is 13.3. The molecule has 1 amide bonds. The topological polar surface area (TPSA) is 81.3 Å². The van der Waals surface area contributed by atoms with Gasteiger partial charge in [0.05, 0.1) is 29.5 Å². The highest BCUT2D eigenvalue weighted by atomic mass is 16.5. The molecular formula is C24H22N4O3. The van der Waals surface area contributed by atoms with Crippen LogP contribution >= 0.6 is 0 Å². The Morgan fingerprint density at radius 3 is 2.71 bits per heavy atom. The molecule has 1 aliphatic heterocycles. The summed E-state index contributed by atoms with van der Waals surface area (Å²) in [5, 5.41) is 6.30. The van der Waals surface area contributed by atoms with Crippen molar-refractivity contribution in [1.82, 2.24) is 9.55 Å². The van der Waals surface area contributed by atoms with Gasteiger partial charge >= 0.3 is 0 Å². The fraction of sp³-hybridized carbons (Fsp3) is 0.167. The third-order valence-electron chi connectivity index (χ3n) is 5.31. The number of imidazole rings is 1. The molecule has 7 heteroatoms. The van der Waals surface area contributed by atoms with E-state index >= 15 is 0 Å². The summed E-state index contributed by atoms with van der Waals surface area (Å²) in [6.45, 7) is 4.41. The number of hydrogen-bond donors (Lipinski definition) is 2. The number of nitrogens with one attached hydrogen (secondary N) is 2. The third kappa shape index (κ3) is 3.34. The van der Waals surface area contributed by atoms with Crippen LogP contribution in [0.4, 0.5) is 11.6 Å². The Balaban J connectivity index is 1.55. The van der Waals surface area contributed by atoms with Crippen molar-refractivity contribution in [2.45, 2.75) is 19.9 Å². The Morgan fingerprint density at radius 1 is 1.16 bits per heavy atom. The summed E-state index contributed by atoms with van der Waals surface area (Å²) in [4.78, 5) is 18.1. The molecule has 0 saturated carbocycles. The van der Waals surface area contributed by atoms with Gasteiger partial charge in [-0.05, 0) is 62.4 Å². The molecule has 4 aromatic rings. The number of furan rings is 1. The number of allylic oxidation sites excluding steroid dienone is 1. The van der Waals surface area contributed by atoms with Gasteiger partial charge < -0.3 is 19.8 Å². The van der Waals surface area contributed by atoms with Crippen LogP contribution in [0, 0.1) is 0 Å². The van der Waals surface area contributed by atoms with Crippen molar-refractivity contribution >= 4 is 28.6 Å². The second-order valence-electron chi connectivity index (χ2n) is 7.29. The first-order valence-corrected chi connectivity index (χ1v) is 10.2. The van der Waals surface area contributed by atoms with Gasteiger partial charge in [0.25, 0.3) is 5.91 Å². The molecule has 2 aromatic heterocycles. The average molecular weight is 414 g/mol. The second kappa shape index (κ2) is 7.68. The lowest BCUT2D eigenvalue weighted by atomic mass is 9.99. The number of fused-ring (bicyclic) bond motifs is 3. The summed E-state index contributed by atoms with van der Waals surface area (Å²) in [6.07, 6.45) is 1.62. The van der Waals surface area contributed by atoms with Crippen LogP contribution in [0.3, 0.4) is 0 Å². The fourth-order valence-electron chi connectivity index (χ4n) is 3.97. The van der Waals surface area contributed by atoms with Crippen molar-refractivity contribution in [2.24, 2.45) is 0 Å². The van der Waals surface area contributed by atoms with E-state index in [9.17, 15) is 4.79 Å². The van der Waals surface area contributed by atoms with Crippen molar-refractivity contribution in [2.75, 3.05) is 17.2 Å². The maximum Gasteiger partial charge on any atom is 0.255 e. The van der Waals surface area contributed by atoms with Crippen molar-refractivity contribution < 1.29 is 13.9 Å². The molecule has 2 aromatic carbocycles. The van der Waals surface area contributed by atoms with E-state index in [1.807, 2.05) is 79.1 Å². The first-order chi connectivity index (χ1) is 15.2. The highest BCUT2D eigenvalue weighted by Gasteiger charge is 2.35. The summed E-state index contributed by atoms with van der Waals surface area (Å²) in [5.74, 6) is 1.90. The number of amides is 1. The third-order valence-corrected chi connectivity index (χ3v) is 5.31. The molecule has 0 radical (unpaired) electrons. The number of rotatable bonds is 5. The molecule has 0 bridgehead atoms. The van der Waals surface area contributed by atoms with Crippen LogP contribution < -0.4 is 15.4 Å². The molecule has 1 unspecified atom stereocenters. The molecule has 31 heavy (non-hydrogen) atoms. The maximum absolute atomic E-state index is 13.4. The summed E-state index contributed by atoms with van der Waals surface area (Å²) in [6, 6.07) is 18.5. The Kier molecular flexibility index (Phi) is 4.71. The molecule has 1 aliphatic rings. The van der Waals surface area contributed by atoms with Gasteiger partial charge in [-0.1, -0.05) is 12.1 Å². The largest absolute Gasteiger partial charge is 0.494 e. The highest BCUT2D eigenvalue weighted by molar-refractivity contribution is 6.06. The van der Waals surface area contributed by atoms with Crippen LogP contribution in [0.1, 0.15) is 25.6 Å². The van der Waals surface area contributed by atoms with Gasteiger partial charge in [0, 0.05) is 11.4 Å². The number of benzene rings is 2. The number of ether oxygens (including phenoxy) is 1. The van der Waals surface area contributed by atoms with Crippen molar-refractivity contribution in [3.8, 4) is 5.75 Å². The summed E-state index contributed by atoms with van der Waals surface area (Å²) in [7, 11) is 0. The Morgan fingerprint density at radius 2 is 1.97 bits per heavy atom. The van der Waals surface area contributed by atoms with Crippen LogP contribution in [0.15, 0.2) is 82.6 Å². The van der Waals surface area contributed by atoms with E-state index in [2.05, 4.69) is 10.6 Å². The Bertz CT molecular complexity index is 1270. The number of para-hydroxylation sites is 2. The minimum atomic E-state index is -0.443. The molecule has 0 spiro atoms. The smallest absolute Gasteiger partial charge is 0.255 e. The monoisotopic (exact) mass is 414 g/mol. The molecule has 0 saturated heterocycles. The molecule has 0 aliphatic carbocycles. The van der Waals surface area contributed by atoms with Crippen LogP contribution in [0.25, 0.3) is 11.0 Å². The second-order valence-corrected chi connectivity index (χ2v) is 7.29. The van der Waals surface area contributed by atoms with Gasteiger partial charge in [-0.15, -0.1) is 0 Å². The van der Waals surface area contributed by atoms with Gasteiger partial charge in [0.2, 0.25) is 5.95 Å². The predicted octanol–water partition coefficient (Wildman–Crippen LogP) is 4.96. The van der Waals surface area contributed by atoms with Gasteiger partial charge in [0.1, 0.15) is 17.6 Å². The van der Waals surface area contributed by atoms with E-state index < -0.39 is 6.04 Å². The van der Waals surface area contributed by atoms with Crippen LogP contribution in [-0.2, 0) is 4.79 Å². The van der Waals surface area contributed by atoms with E-state index in [0.717, 1.165) is 22.5 Å². The molecular weight excluding hydrogens is 392 g/mol. The number of hydrogen-bond acceptors (Lipinski definition) is 5. The number of aromatic nitrogens is 2. The van der Waals surface area contributed by atoms with Crippen LogP contribution in [0.5, 0.6) is 5.75 Å². The van der Waals surface area contributed by atoms with E-state index in [-0.39, 0.29) is 5.91 Å². The first kappa shape index (κ1) is 19.0. The lowest BCUT2D eigenvalue weighted by Crippen LogP contribution is -2.30. The fourth-order valence-corrected chi connectivity index (χ4v) is 3.97. The van der Waals surface area contributed by atoms with E-state index in [4.69, 9.17) is 14.1 Å². The van der Waals surface area contributed by atoms with Crippen LogP contribution in [-0.4, -0.2) is 22.1 Å². The molecule has 2 N–H and O–H groups in total. The molecule has 1 atom stereocenters. The molecule has 7 nitrogen and oxygen atoms in total. The summed E-state index contributed by atoms with van der Waals surface area (Å²) in [5.41, 5.74) is 3.76. The lowest BCUT2D eigenvalue weighted by molar-refractivity contribution is -0.113. The maximum atomic E-state index is 13.4. The van der Waals surface area contributed by atoms with Gasteiger partial charge in [-0.2, -0.15) is 0 Å². The highest BCUT2D eigenvalue weighted by Crippen LogP contribution is 2.39. The number of nitrogens with zero attached hydrogens (tertiary/aromatic N) is 2. The molecule has 156 valence electrons. The Labute approximate surface area is 179 Å². The van der Waals surface area contributed by atoms with Crippen molar-refractivity contribution in [1.29, 1.82) is 0 Å². The number of carbonyl (C=O) groups is 1. The van der Waals surface area contributed by atoms with E-state index in [1.54, 1.807) is 6.26 Å². The molecule has 5 rings (SSSR count). The van der Waals surface area contributed by atoms with Crippen LogP contribution in [0.2, 0.25) is 0 Å².